The Morgan fingerprint density at radius 3 is 2.29 bits per heavy atom. The van der Waals surface area contributed by atoms with Crippen molar-refractivity contribution in [2.75, 3.05) is 0 Å². The Bertz CT molecular complexity index is 693. The van der Waals surface area contributed by atoms with Crippen LogP contribution in [0.5, 0.6) is 5.75 Å². The van der Waals surface area contributed by atoms with Gasteiger partial charge in [-0.25, -0.2) is 4.98 Å². The van der Waals surface area contributed by atoms with Gasteiger partial charge in [0.2, 0.25) is 0 Å². The summed E-state index contributed by atoms with van der Waals surface area (Å²) in [6, 6.07) is 6.16. The van der Waals surface area contributed by atoms with Gasteiger partial charge in [0.05, 0.1) is 4.47 Å². The van der Waals surface area contributed by atoms with Crippen molar-refractivity contribution in [2.45, 2.75) is 45.8 Å². The lowest BCUT2D eigenvalue weighted by molar-refractivity contribution is 0.493. The maximum atomic E-state index is 6.53. The van der Waals surface area contributed by atoms with Gasteiger partial charge in [-0.1, -0.05) is 36.7 Å². The molecule has 1 aromatic heterocycles. The number of halogens is 2. The van der Waals surface area contributed by atoms with Gasteiger partial charge in [-0.3, -0.25) is 0 Å². The van der Waals surface area contributed by atoms with Gasteiger partial charge in [0, 0.05) is 15.6 Å². The lowest BCUT2D eigenvalue weighted by atomic mass is 10.2. The molecule has 0 saturated heterocycles. The molecular formula is C16H21Br2NOSi. The predicted molar refractivity (Wildman–Crippen MR) is 99.7 cm³/mol. The molecule has 0 aliphatic rings. The summed E-state index contributed by atoms with van der Waals surface area (Å²) in [7, 11) is -1.91. The first kappa shape index (κ1) is 17.0. The molecule has 0 aliphatic carbocycles. The third-order valence-corrected chi connectivity index (χ3v) is 9.71. The van der Waals surface area contributed by atoms with Crippen molar-refractivity contribution < 1.29 is 4.43 Å². The van der Waals surface area contributed by atoms with Crippen LogP contribution in [0, 0.1) is 6.92 Å². The van der Waals surface area contributed by atoms with Gasteiger partial charge < -0.3 is 4.43 Å². The quantitative estimate of drug-likeness (QED) is 0.510. The molecule has 1 heterocycles. The van der Waals surface area contributed by atoms with Gasteiger partial charge in [0.25, 0.3) is 8.32 Å². The van der Waals surface area contributed by atoms with E-state index < -0.39 is 8.32 Å². The first-order valence-corrected chi connectivity index (χ1v) is 11.5. The summed E-state index contributed by atoms with van der Waals surface area (Å²) in [5.74, 6) is 0.864. The lowest BCUT2D eigenvalue weighted by Crippen LogP contribution is -2.44. The zero-order valence-corrected chi connectivity index (χ0v) is 17.5. The van der Waals surface area contributed by atoms with E-state index in [-0.39, 0.29) is 5.04 Å². The fourth-order valence-electron chi connectivity index (χ4n) is 1.80. The molecule has 0 spiro atoms. The van der Waals surface area contributed by atoms with Gasteiger partial charge in [0.1, 0.15) is 11.3 Å². The van der Waals surface area contributed by atoms with Crippen molar-refractivity contribution in [3.05, 3.63) is 32.8 Å². The monoisotopic (exact) mass is 429 g/mol. The first-order valence-electron chi connectivity index (χ1n) is 6.97. The molecule has 0 radical (unpaired) electrons. The van der Waals surface area contributed by atoms with Gasteiger partial charge in [-0.15, -0.1) is 0 Å². The molecule has 2 aromatic rings. The van der Waals surface area contributed by atoms with Crippen LogP contribution >= 0.6 is 31.9 Å². The zero-order valence-electron chi connectivity index (χ0n) is 13.3. The van der Waals surface area contributed by atoms with Crippen molar-refractivity contribution in [1.29, 1.82) is 0 Å². The van der Waals surface area contributed by atoms with Crippen LogP contribution < -0.4 is 4.43 Å². The third-order valence-electron chi connectivity index (χ3n) is 4.14. The smallest absolute Gasteiger partial charge is 0.250 e. The maximum Gasteiger partial charge on any atom is 0.250 e. The van der Waals surface area contributed by atoms with E-state index in [0.29, 0.717) is 0 Å². The standard InChI is InChI=1S/C16H21Br2NOSi/c1-10-7-8-11-12(17)9-13(18)15(14(11)19-10)20-21(5,6)16(2,3)4/h7-9H,1-6H3. The highest BCUT2D eigenvalue weighted by Gasteiger charge is 2.39. The highest BCUT2D eigenvalue weighted by Crippen LogP contribution is 2.43. The first-order chi connectivity index (χ1) is 9.53. The van der Waals surface area contributed by atoms with Gasteiger partial charge in [0.15, 0.2) is 0 Å². The Kier molecular flexibility index (Phi) is 4.58. The maximum absolute atomic E-state index is 6.53. The van der Waals surface area contributed by atoms with E-state index >= 15 is 0 Å². The summed E-state index contributed by atoms with van der Waals surface area (Å²) in [6.07, 6.45) is 0. The molecule has 2 nitrogen and oxygen atoms in total. The number of hydrogen-bond donors (Lipinski definition) is 0. The third kappa shape index (κ3) is 3.35. The molecule has 0 saturated carbocycles. The van der Waals surface area contributed by atoms with Crippen LogP contribution in [0.3, 0.4) is 0 Å². The van der Waals surface area contributed by atoms with E-state index in [2.05, 4.69) is 71.8 Å². The number of hydrogen-bond acceptors (Lipinski definition) is 2. The molecule has 0 fully saturated rings. The summed E-state index contributed by atoms with van der Waals surface area (Å²) in [4.78, 5) is 4.70. The van der Waals surface area contributed by atoms with E-state index in [0.717, 1.165) is 31.3 Å². The minimum atomic E-state index is -1.91. The summed E-state index contributed by atoms with van der Waals surface area (Å²) in [5, 5.41) is 1.23. The van der Waals surface area contributed by atoms with E-state index in [1.807, 2.05) is 19.1 Å². The van der Waals surface area contributed by atoms with Crippen LogP contribution in [0.2, 0.25) is 18.1 Å². The SMILES string of the molecule is Cc1ccc2c(Br)cc(Br)c(O[Si](C)(C)C(C)(C)C)c2n1. The summed E-state index contributed by atoms with van der Waals surface area (Å²) in [6.45, 7) is 13.2. The van der Waals surface area contributed by atoms with E-state index in [4.69, 9.17) is 9.41 Å². The minimum absolute atomic E-state index is 0.148. The molecule has 0 atom stereocenters. The van der Waals surface area contributed by atoms with Crippen molar-refractivity contribution in [3.63, 3.8) is 0 Å². The molecule has 2 rings (SSSR count). The average Bonchev–Trinajstić information content (AvgIpc) is 2.32. The Balaban J connectivity index is 2.66. The number of nitrogens with zero attached hydrogens (tertiary/aromatic N) is 1. The van der Waals surface area contributed by atoms with E-state index in [1.54, 1.807) is 0 Å². The fourth-order valence-corrected chi connectivity index (χ4v) is 4.32. The molecule has 5 heteroatoms. The van der Waals surface area contributed by atoms with E-state index in [9.17, 15) is 0 Å². The normalized spacial score (nSPS) is 12.8. The van der Waals surface area contributed by atoms with Crippen LogP contribution in [-0.4, -0.2) is 13.3 Å². The van der Waals surface area contributed by atoms with Crippen molar-refractivity contribution >= 4 is 51.1 Å². The van der Waals surface area contributed by atoms with Crippen molar-refractivity contribution in [3.8, 4) is 5.75 Å². The number of pyridine rings is 1. The number of fused-ring (bicyclic) bond motifs is 1. The van der Waals surface area contributed by atoms with Gasteiger partial charge >= 0.3 is 0 Å². The van der Waals surface area contributed by atoms with Gasteiger partial charge in [-0.2, -0.15) is 0 Å². The highest BCUT2D eigenvalue weighted by molar-refractivity contribution is 9.11. The number of benzene rings is 1. The molecule has 0 aliphatic heterocycles. The summed E-state index contributed by atoms with van der Waals surface area (Å²) in [5.41, 5.74) is 1.91. The van der Waals surface area contributed by atoms with Crippen LogP contribution in [0.1, 0.15) is 26.5 Å². The van der Waals surface area contributed by atoms with E-state index in [1.165, 1.54) is 0 Å². The highest BCUT2D eigenvalue weighted by atomic mass is 79.9. The summed E-state index contributed by atoms with van der Waals surface area (Å²) >= 11 is 7.25. The topological polar surface area (TPSA) is 22.1 Å². The molecular weight excluding hydrogens is 410 g/mol. The molecule has 1 aromatic carbocycles. The van der Waals surface area contributed by atoms with Crippen LogP contribution in [0.15, 0.2) is 27.1 Å². The number of aromatic nitrogens is 1. The second-order valence-corrected chi connectivity index (χ2v) is 13.3. The van der Waals surface area contributed by atoms with Crippen molar-refractivity contribution in [1.82, 2.24) is 4.98 Å². The summed E-state index contributed by atoms with van der Waals surface area (Å²) < 4.78 is 8.51. The van der Waals surface area contributed by atoms with Crippen LogP contribution in [0.4, 0.5) is 0 Å². The Morgan fingerprint density at radius 1 is 1.10 bits per heavy atom. The van der Waals surface area contributed by atoms with Crippen molar-refractivity contribution in [2.24, 2.45) is 0 Å². The Hall–Kier alpha value is -0.393. The molecule has 0 amide bonds. The lowest BCUT2D eigenvalue weighted by Gasteiger charge is -2.37. The molecule has 0 N–H and O–H groups in total. The second-order valence-electron chi connectivity index (χ2n) is 6.88. The fraction of sp³-hybridized carbons (Fsp3) is 0.438. The molecule has 0 unspecified atom stereocenters. The molecule has 0 bridgehead atoms. The molecule has 114 valence electrons. The number of rotatable bonds is 2. The largest absolute Gasteiger partial charge is 0.541 e. The van der Waals surface area contributed by atoms with Crippen LogP contribution in [-0.2, 0) is 0 Å². The Morgan fingerprint density at radius 2 is 1.71 bits per heavy atom. The predicted octanol–water partition coefficient (Wildman–Crippen LogP) is 6.45. The zero-order chi connectivity index (χ0) is 16.0. The average molecular weight is 431 g/mol. The Labute approximate surface area is 144 Å². The second kappa shape index (κ2) is 5.67. The minimum Gasteiger partial charge on any atom is -0.541 e. The molecule has 21 heavy (non-hydrogen) atoms. The number of aryl methyl sites for hydroxylation is 1. The van der Waals surface area contributed by atoms with Gasteiger partial charge in [-0.05, 0) is 59.2 Å². The van der Waals surface area contributed by atoms with Crippen LogP contribution in [0.25, 0.3) is 10.9 Å².